The zero-order chi connectivity index (χ0) is 12.4. The molecule has 0 bridgehead atoms. The van der Waals surface area contributed by atoms with Crippen LogP contribution in [0.2, 0.25) is 5.02 Å². The molecule has 1 aliphatic heterocycles. The van der Waals surface area contributed by atoms with Crippen LogP contribution in [-0.4, -0.2) is 18.1 Å². The van der Waals surface area contributed by atoms with E-state index in [2.05, 4.69) is 23.7 Å². The van der Waals surface area contributed by atoms with E-state index in [9.17, 15) is 0 Å². The fraction of sp³-hybridized carbons (Fsp3) is 0.615. The van der Waals surface area contributed by atoms with Crippen molar-refractivity contribution in [2.45, 2.75) is 26.1 Å². The molecule has 0 aromatic carbocycles. The van der Waals surface area contributed by atoms with E-state index in [1.807, 2.05) is 6.07 Å². The Labute approximate surface area is 113 Å². The fourth-order valence-electron chi connectivity index (χ4n) is 2.28. The zero-order valence-electron chi connectivity index (χ0n) is 10.3. The number of halogens is 2. The van der Waals surface area contributed by atoms with E-state index < -0.39 is 0 Å². The molecule has 2 heterocycles. The highest BCUT2D eigenvalue weighted by Crippen LogP contribution is 2.29. The first-order chi connectivity index (χ1) is 8.11. The van der Waals surface area contributed by atoms with Gasteiger partial charge in [0.1, 0.15) is 5.82 Å². The monoisotopic (exact) mass is 272 g/mol. The molecule has 1 aromatic rings. The van der Waals surface area contributed by atoms with Gasteiger partial charge in [0.25, 0.3) is 0 Å². The van der Waals surface area contributed by atoms with Gasteiger partial charge in [0.2, 0.25) is 0 Å². The van der Waals surface area contributed by atoms with E-state index in [0.717, 1.165) is 36.3 Å². The van der Waals surface area contributed by atoms with Crippen molar-refractivity contribution in [1.29, 1.82) is 0 Å². The van der Waals surface area contributed by atoms with Crippen LogP contribution in [0.3, 0.4) is 0 Å². The molecule has 0 radical (unpaired) electrons. The van der Waals surface area contributed by atoms with Gasteiger partial charge in [-0.1, -0.05) is 25.4 Å². The summed E-state index contributed by atoms with van der Waals surface area (Å²) < 4.78 is 0. The third kappa shape index (κ3) is 2.86. The van der Waals surface area contributed by atoms with Gasteiger partial charge in [-0.05, 0) is 29.9 Å². The zero-order valence-corrected chi connectivity index (χ0v) is 11.8. The van der Waals surface area contributed by atoms with Crippen LogP contribution in [0.1, 0.15) is 25.8 Å². The van der Waals surface area contributed by atoms with Crippen molar-refractivity contribution in [1.82, 2.24) is 4.98 Å². The lowest BCUT2D eigenvalue weighted by Gasteiger charge is -2.19. The summed E-state index contributed by atoms with van der Waals surface area (Å²) in [6.07, 6.45) is 2.95. The highest BCUT2D eigenvalue weighted by molar-refractivity contribution is 6.32. The van der Waals surface area contributed by atoms with E-state index in [4.69, 9.17) is 23.2 Å². The molecule has 0 N–H and O–H groups in total. The Balaban J connectivity index is 2.13. The average Bonchev–Trinajstić information content (AvgIpc) is 2.79. The molecule has 4 heteroatoms. The number of hydrogen-bond donors (Lipinski definition) is 0. The Morgan fingerprint density at radius 1 is 1.53 bits per heavy atom. The molecule has 0 spiro atoms. The molecular formula is C13H18Cl2N2. The Morgan fingerprint density at radius 2 is 2.29 bits per heavy atom. The largest absolute Gasteiger partial charge is 0.356 e. The average molecular weight is 273 g/mol. The number of hydrogen-bond acceptors (Lipinski definition) is 2. The summed E-state index contributed by atoms with van der Waals surface area (Å²) in [5, 5.41) is 0.656. The molecule has 1 fully saturated rings. The smallest absolute Gasteiger partial charge is 0.128 e. The van der Waals surface area contributed by atoms with Gasteiger partial charge in [-0.3, -0.25) is 0 Å². The number of rotatable bonds is 3. The molecule has 0 amide bonds. The van der Waals surface area contributed by atoms with Crippen LogP contribution in [0.4, 0.5) is 5.82 Å². The maximum Gasteiger partial charge on any atom is 0.128 e. The van der Waals surface area contributed by atoms with E-state index >= 15 is 0 Å². The molecule has 1 atom stereocenters. The molecule has 1 saturated heterocycles. The molecule has 1 unspecified atom stereocenters. The summed E-state index contributed by atoms with van der Waals surface area (Å²) in [7, 11) is 0. The lowest BCUT2D eigenvalue weighted by Crippen LogP contribution is -2.22. The topological polar surface area (TPSA) is 16.1 Å². The molecule has 94 valence electrons. The summed E-state index contributed by atoms with van der Waals surface area (Å²) in [5.41, 5.74) is 0.964. The van der Waals surface area contributed by atoms with Gasteiger partial charge in [0.05, 0.1) is 5.02 Å². The van der Waals surface area contributed by atoms with Gasteiger partial charge in [0.15, 0.2) is 0 Å². The SMILES string of the molecule is CC(C)C1CCN(c2cc(CCl)c(Cl)cn2)C1. The van der Waals surface area contributed by atoms with Gasteiger partial charge in [0, 0.05) is 25.2 Å². The minimum atomic E-state index is 0.440. The first-order valence-corrected chi connectivity index (χ1v) is 6.98. The number of pyridine rings is 1. The number of anilines is 1. The van der Waals surface area contributed by atoms with Crippen molar-refractivity contribution >= 4 is 29.0 Å². The summed E-state index contributed by atoms with van der Waals surface area (Å²) >= 11 is 11.9. The normalized spacial score (nSPS) is 20.3. The Hall–Kier alpha value is -0.470. The highest BCUT2D eigenvalue weighted by atomic mass is 35.5. The van der Waals surface area contributed by atoms with Crippen LogP contribution in [-0.2, 0) is 5.88 Å². The molecular weight excluding hydrogens is 255 g/mol. The second-order valence-corrected chi connectivity index (χ2v) is 5.68. The molecule has 0 saturated carbocycles. The van der Waals surface area contributed by atoms with Crippen molar-refractivity contribution in [2.24, 2.45) is 11.8 Å². The molecule has 1 aromatic heterocycles. The Morgan fingerprint density at radius 3 is 2.88 bits per heavy atom. The van der Waals surface area contributed by atoms with E-state index in [1.54, 1.807) is 6.20 Å². The van der Waals surface area contributed by atoms with Crippen LogP contribution in [0, 0.1) is 11.8 Å². The van der Waals surface area contributed by atoms with Gasteiger partial charge < -0.3 is 4.90 Å². The Kier molecular flexibility index (Phi) is 4.16. The summed E-state index contributed by atoms with van der Waals surface area (Å²) in [5.74, 6) is 2.95. The van der Waals surface area contributed by atoms with Gasteiger partial charge in [-0.15, -0.1) is 11.6 Å². The van der Waals surface area contributed by atoms with Crippen molar-refractivity contribution in [3.8, 4) is 0 Å². The predicted molar refractivity (Wildman–Crippen MR) is 74.0 cm³/mol. The Bertz CT molecular complexity index is 393. The highest BCUT2D eigenvalue weighted by Gasteiger charge is 2.25. The summed E-state index contributed by atoms with van der Waals surface area (Å²) in [6, 6.07) is 2.01. The third-order valence-electron chi connectivity index (χ3n) is 3.56. The first kappa shape index (κ1) is 13.0. The molecule has 0 aliphatic carbocycles. The lowest BCUT2D eigenvalue weighted by atomic mass is 9.95. The minimum absolute atomic E-state index is 0.440. The lowest BCUT2D eigenvalue weighted by molar-refractivity contribution is 0.422. The predicted octanol–water partition coefficient (Wildman–Crippen LogP) is 3.96. The van der Waals surface area contributed by atoms with Crippen molar-refractivity contribution < 1.29 is 0 Å². The van der Waals surface area contributed by atoms with Crippen LogP contribution < -0.4 is 4.90 Å². The summed E-state index contributed by atoms with van der Waals surface area (Å²) in [6.45, 7) is 6.74. The van der Waals surface area contributed by atoms with Crippen LogP contribution in [0.15, 0.2) is 12.3 Å². The first-order valence-electron chi connectivity index (χ1n) is 6.07. The minimum Gasteiger partial charge on any atom is -0.356 e. The van der Waals surface area contributed by atoms with E-state index in [1.165, 1.54) is 6.42 Å². The van der Waals surface area contributed by atoms with Crippen molar-refractivity contribution in [3.63, 3.8) is 0 Å². The third-order valence-corrected chi connectivity index (χ3v) is 4.18. The van der Waals surface area contributed by atoms with Crippen LogP contribution in [0.5, 0.6) is 0 Å². The maximum absolute atomic E-state index is 6.02. The number of nitrogens with zero attached hydrogens (tertiary/aromatic N) is 2. The van der Waals surface area contributed by atoms with Crippen LogP contribution in [0.25, 0.3) is 0 Å². The molecule has 1 aliphatic rings. The van der Waals surface area contributed by atoms with Crippen molar-refractivity contribution in [2.75, 3.05) is 18.0 Å². The van der Waals surface area contributed by atoms with Crippen molar-refractivity contribution in [3.05, 3.63) is 22.8 Å². The second kappa shape index (κ2) is 5.45. The fourth-order valence-corrected chi connectivity index (χ4v) is 2.74. The second-order valence-electron chi connectivity index (χ2n) is 5.01. The molecule has 2 nitrogen and oxygen atoms in total. The van der Waals surface area contributed by atoms with E-state index in [0.29, 0.717) is 10.9 Å². The quantitative estimate of drug-likeness (QED) is 0.775. The summed E-state index contributed by atoms with van der Waals surface area (Å²) in [4.78, 5) is 6.73. The van der Waals surface area contributed by atoms with Gasteiger partial charge in [-0.25, -0.2) is 4.98 Å². The number of aromatic nitrogens is 1. The number of alkyl halides is 1. The van der Waals surface area contributed by atoms with Crippen LogP contribution >= 0.6 is 23.2 Å². The van der Waals surface area contributed by atoms with Gasteiger partial charge >= 0.3 is 0 Å². The molecule has 17 heavy (non-hydrogen) atoms. The van der Waals surface area contributed by atoms with Gasteiger partial charge in [-0.2, -0.15) is 0 Å². The van der Waals surface area contributed by atoms with E-state index in [-0.39, 0.29) is 0 Å². The standard InChI is InChI=1S/C13H18Cl2N2/c1-9(2)10-3-4-17(8-10)13-5-11(6-14)12(15)7-16-13/h5,7,9-10H,3-4,6,8H2,1-2H3. The maximum atomic E-state index is 6.02. The molecule has 2 rings (SSSR count).